The first-order chi connectivity index (χ1) is 12.8. The van der Waals surface area contributed by atoms with Crippen LogP contribution in [0.1, 0.15) is 71.3 Å². The Morgan fingerprint density at radius 3 is 2.30 bits per heavy atom. The molecule has 27 heavy (non-hydrogen) atoms. The van der Waals surface area contributed by atoms with Gasteiger partial charge in [0.2, 0.25) is 0 Å². The molecule has 0 aliphatic rings. The van der Waals surface area contributed by atoms with Gasteiger partial charge in [-0.25, -0.2) is 4.68 Å². The molecule has 0 unspecified atom stereocenters. The van der Waals surface area contributed by atoms with Crippen LogP contribution in [0.4, 0.5) is 0 Å². The molecule has 148 valence electrons. The summed E-state index contributed by atoms with van der Waals surface area (Å²) in [7, 11) is 0. The van der Waals surface area contributed by atoms with Gasteiger partial charge in [0.25, 0.3) is 0 Å². The van der Waals surface area contributed by atoms with Gasteiger partial charge >= 0.3 is 0 Å². The van der Waals surface area contributed by atoms with Gasteiger partial charge in [-0.15, -0.1) is 5.10 Å². The Labute approximate surface area is 163 Å². The number of aromatic nitrogens is 3. The highest BCUT2D eigenvalue weighted by molar-refractivity contribution is 5.84. The first-order valence-electron chi connectivity index (χ1n) is 10.0. The monoisotopic (exact) mass is 370 g/mol. The van der Waals surface area contributed by atoms with Gasteiger partial charge in [-0.2, -0.15) is 0 Å². The van der Waals surface area contributed by atoms with Gasteiger partial charge in [0, 0.05) is 12.0 Å². The third-order valence-electron chi connectivity index (χ3n) is 4.61. The van der Waals surface area contributed by atoms with Crippen LogP contribution in [-0.4, -0.2) is 26.8 Å². The van der Waals surface area contributed by atoms with Gasteiger partial charge in [0.15, 0.2) is 5.78 Å². The fourth-order valence-electron chi connectivity index (χ4n) is 3.29. The summed E-state index contributed by atoms with van der Waals surface area (Å²) in [6.07, 6.45) is 3.57. The van der Waals surface area contributed by atoms with Crippen molar-refractivity contribution in [3.8, 4) is 0 Å². The Hall–Kier alpha value is -2.01. The normalized spacial score (nSPS) is 14.1. The molecule has 0 radical (unpaired) electrons. The Kier molecular flexibility index (Phi) is 7.72. The smallest absolute Gasteiger partial charge is 0.159 e. The van der Waals surface area contributed by atoms with Gasteiger partial charge in [-0.1, -0.05) is 77.1 Å². The second-order valence-electron chi connectivity index (χ2n) is 8.39. The molecule has 0 aliphatic heterocycles. The Bertz CT molecular complexity index is 706. The number of nitrogens with one attached hydrogen (secondary N) is 1. The molecule has 5 heteroatoms. The lowest BCUT2D eigenvalue weighted by Gasteiger charge is -2.21. The van der Waals surface area contributed by atoms with Crippen molar-refractivity contribution in [2.45, 2.75) is 72.5 Å². The predicted octanol–water partition coefficient (Wildman–Crippen LogP) is 4.37. The molecule has 1 aromatic heterocycles. The van der Waals surface area contributed by atoms with E-state index in [4.69, 9.17) is 0 Å². The van der Waals surface area contributed by atoms with E-state index in [0.717, 1.165) is 18.5 Å². The van der Waals surface area contributed by atoms with Crippen molar-refractivity contribution in [3.63, 3.8) is 0 Å². The summed E-state index contributed by atoms with van der Waals surface area (Å²) in [6, 6.07) is 10.5. The first-order valence-corrected chi connectivity index (χ1v) is 10.0. The Balaban J connectivity index is 2.27. The van der Waals surface area contributed by atoms with Crippen LogP contribution >= 0.6 is 0 Å². The fraction of sp³-hybridized carbons (Fsp3) is 0.591. The van der Waals surface area contributed by atoms with E-state index in [1.165, 1.54) is 5.56 Å². The van der Waals surface area contributed by atoms with Crippen molar-refractivity contribution in [2.24, 2.45) is 11.8 Å². The summed E-state index contributed by atoms with van der Waals surface area (Å²) in [5, 5.41) is 12.4. The minimum Gasteiger partial charge on any atom is -0.306 e. The van der Waals surface area contributed by atoms with E-state index >= 15 is 0 Å². The summed E-state index contributed by atoms with van der Waals surface area (Å²) < 4.78 is 1.78. The van der Waals surface area contributed by atoms with Crippen LogP contribution in [-0.2, 0) is 11.2 Å². The van der Waals surface area contributed by atoms with E-state index in [0.29, 0.717) is 12.0 Å². The molecular formula is C22H34N4O. The Morgan fingerprint density at radius 2 is 1.74 bits per heavy atom. The maximum atomic E-state index is 12.7. The molecule has 0 saturated carbocycles. The zero-order valence-electron chi connectivity index (χ0n) is 17.5. The minimum absolute atomic E-state index is 0.0182. The average Bonchev–Trinajstić information content (AvgIpc) is 3.08. The van der Waals surface area contributed by atoms with Crippen molar-refractivity contribution in [3.05, 3.63) is 47.8 Å². The molecular weight excluding hydrogens is 336 g/mol. The van der Waals surface area contributed by atoms with Crippen molar-refractivity contribution in [1.82, 2.24) is 20.3 Å². The number of Topliss-reactive ketones (excluding diaryl/α,β-unsaturated/α-hetero) is 1. The number of carbonyl (C=O) groups is 1. The SMILES string of the molecule is CC(C)C[C@@H](C(=O)C(C)C)n1cc([C@H](Cc2ccccc2)NC(C)C)nn1. The fourth-order valence-corrected chi connectivity index (χ4v) is 3.29. The number of hydrogen-bond donors (Lipinski definition) is 1. The number of nitrogens with zero attached hydrogens (tertiary/aromatic N) is 3. The third kappa shape index (κ3) is 6.28. The van der Waals surface area contributed by atoms with Gasteiger partial charge in [-0.3, -0.25) is 4.79 Å². The molecule has 2 aromatic rings. The molecule has 0 aliphatic carbocycles. The van der Waals surface area contributed by atoms with Crippen LogP contribution in [0.2, 0.25) is 0 Å². The van der Waals surface area contributed by atoms with Crippen LogP contribution in [0.25, 0.3) is 0 Å². The van der Waals surface area contributed by atoms with Crippen molar-refractivity contribution in [1.29, 1.82) is 0 Å². The molecule has 5 nitrogen and oxygen atoms in total. The third-order valence-corrected chi connectivity index (χ3v) is 4.61. The molecule has 0 bridgehead atoms. The van der Waals surface area contributed by atoms with E-state index in [2.05, 4.69) is 67.6 Å². The van der Waals surface area contributed by atoms with Crippen molar-refractivity contribution < 1.29 is 4.79 Å². The lowest BCUT2D eigenvalue weighted by atomic mass is 9.94. The summed E-state index contributed by atoms with van der Waals surface area (Å²) in [5.74, 6) is 0.617. The van der Waals surface area contributed by atoms with Crippen LogP contribution in [0, 0.1) is 11.8 Å². The number of hydrogen-bond acceptors (Lipinski definition) is 4. The minimum atomic E-state index is -0.248. The molecule has 2 rings (SSSR count). The highest BCUT2D eigenvalue weighted by atomic mass is 16.1. The molecule has 1 aromatic carbocycles. The molecule has 0 spiro atoms. The number of ketones is 1. The van der Waals surface area contributed by atoms with Gasteiger partial charge in [-0.05, 0) is 24.3 Å². The molecule has 1 heterocycles. The summed E-state index contributed by atoms with van der Waals surface area (Å²) >= 11 is 0. The van der Waals surface area contributed by atoms with E-state index in [1.807, 2.05) is 26.1 Å². The lowest BCUT2D eigenvalue weighted by Crippen LogP contribution is -2.30. The van der Waals surface area contributed by atoms with Crippen LogP contribution in [0.15, 0.2) is 36.5 Å². The van der Waals surface area contributed by atoms with Gasteiger partial charge in [0.1, 0.15) is 6.04 Å². The molecule has 0 fully saturated rings. The zero-order chi connectivity index (χ0) is 20.0. The van der Waals surface area contributed by atoms with Crippen LogP contribution in [0.3, 0.4) is 0 Å². The van der Waals surface area contributed by atoms with Crippen molar-refractivity contribution >= 4 is 5.78 Å². The summed E-state index contributed by atoms with van der Waals surface area (Å²) in [6.45, 7) is 12.4. The largest absolute Gasteiger partial charge is 0.306 e. The number of rotatable bonds is 10. The number of carbonyl (C=O) groups excluding carboxylic acids is 1. The molecule has 1 N–H and O–H groups in total. The van der Waals surface area contributed by atoms with Crippen LogP contribution < -0.4 is 5.32 Å². The first kappa shape index (κ1) is 21.3. The molecule has 0 saturated heterocycles. The molecule has 2 atom stereocenters. The Morgan fingerprint density at radius 1 is 1.07 bits per heavy atom. The van der Waals surface area contributed by atoms with Gasteiger partial charge in [0.05, 0.1) is 17.9 Å². The maximum Gasteiger partial charge on any atom is 0.159 e. The second-order valence-corrected chi connectivity index (χ2v) is 8.39. The topological polar surface area (TPSA) is 59.8 Å². The quantitative estimate of drug-likeness (QED) is 0.674. The van der Waals surface area contributed by atoms with E-state index in [-0.39, 0.29) is 23.8 Å². The molecule has 0 amide bonds. The highest BCUT2D eigenvalue weighted by Gasteiger charge is 2.26. The average molecular weight is 371 g/mol. The van der Waals surface area contributed by atoms with E-state index in [1.54, 1.807) is 4.68 Å². The maximum absolute atomic E-state index is 12.7. The van der Waals surface area contributed by atoms with Crippen molar-refractivity contribution in [2.75, 3.05) is 0 Å². The summed E-state index contributed by atoms with van der Waals surface area (Å²) in [4.78, 5) is 12.7. The van der Waals surface area contributed by atoms with E-state index in [9.17, 15) is 4.79 Å². The standard InChI is InChI=1S/C22H34N4O/c1-15(2)12-21(22(27)16(3)4)26-14-20(24-25-26)19(23-17(5)6)13-18-10-8-7-9-11-18/h7-11,14-17,19,21,23H,12-13H2,1-6H3/t19-,21-/m0/s1. The predicted molar refractivity (Wildman–Crippen MR) is 110 cm³/mol. The lowest BCUT2D eigenvalue weighted by molar-refractivity contribution is -0.126. The summed E-state index contributed by atoms with van der Waals surface area (Å²) in [5.41, 5.74) is 2.14. The highest BCUT2D eigenvalue weighted by Crippen LogP contribution is 2.24. The van der Waals surface area contributed by atoms with Crippen LogP contribution in [0.5, 0.6) is 0 Å². The zero-order valence-corrected chi connectivity index (χ0v) is 17.5. The van der Waals surface area contributed by atoms with Gasteiger partial charge < -0.3 is 5.32 Å². The van der Waals surface area contributed by atoms with E-state index < -0.39 is 0 Å². The number of benzene rings is 1. The second kappa shape index (κ2) is 9.79.